The molecule has 0 fully saturated rings. The van der Waals surface area contributed by atoms with Gasteiger partial charge in [0.2, 0.25) is 0 Å². The average Bonchev–Trinajstić information content (AvgIpc) is 2.50. The number of rotatable bonds is 5. The molecule has 0 aliphatic carbocycles. The summed E-state index contributed by atoms with van der Waals surface area (Å²) in [6.45, 7) is 3.12. The van der Waals surface area contributed by atoms with Crippen LogP contribution in [-0.2, 0) is 6.54 Å². The Hall–Kier alpha value is -2.49. The number of para-hydroxylation sites is 2. The van der Waals surface area contributed by atoms with Crippen molar-refractivity contribution in [2.75, 3.05) is 18.9 Å². The molecular formula is C17H20N2O2. The zero-order valence-electron chi connectivity index (χ0n) is 12.3. The Labute approximate surface area is 125 Å². The van der Waals surface area contributed by atoms with Crippen LogP contribution in [0.1, 0.15) is 22.8 Å². The molecule has 4 nitrogen and oxygen atoms in total. The summed E-state index contributed by atoms with van der Waals surface area (Å²) in [4.78, 5) is 14.2. The SMILES string of the molecule is CCNc1ccccc1C(=O)N(C)Cc1ccccc1O. The lowest BCUT2D eigenvalue weighted by molar-refractivity contribution is 0.0785. The van der Waals surface area contributed by atoms with Gasteiger partial charge in [0.15, 0.2) is 0 Å². The Morgan fingerprint density at radius 3 is 2.52 bits per heavy atom. The largest absolute Gasteiger partial charge is 0.508 e. The Bertz CT molecular complexity index is 626. The predicted octanol–water partition coefficient (Wildman–Crippen LogP) is 3.10. The van der Waals surface area contributed by atoms with Gasteiger partial charge in [-0.2, -0.15) is 0 Å². The molecule has 1 amide bonds. The van der Waals surface area contributed by atoms with E-state index < -0.39 is 0 Å². The second-order valence-electron chi connectivity index (χ2n) is 4.87. The third kappa shape index (κ3) is 3.54. The van der Waals surface area contributed by atoms with Crippen molar-refractivity contribution < 1.29 is 9.90 Å². The van der Waals surface area contributed by atoms with Crippen molar-refractivity contribution in [1.29, 1.82) is 0 Å². The predicted molar refractivity (Wildman–Crippen MR) is 84.5 cm³/mol. The summed E-state index contributed by atoms with van der Waals surface area (Å²) < 4.78 is 0. The van der Waals surface area contributed by atoms with Gasteiger partial charge in [0, 0.05) is 31.4 Å². The Kier molecular flexibility index (Phi) is 4.82. The molecule has 0 bridgehead atoms. The molecule has 21 heavy (non-hydrogen) atoms. The Balaban J connectivity index is 2.18. The maximum absolute atomic E-state index is 12.6. The van der Waals surface area contributed by atoms with E-state index in [-0.39, 0.29) is 11.7 Å². The number of nitrogens with one attached hydrogen (secondary N) is 1. The van der Waals surface area contributed by atoms with Crippen LogP contribution < -0.4 is 5.32 Å². The summed E-state index contributed by atoms with van der Waals surface area (Å²) in [6.07, 6.45) is 0. The molecule has 0 spiro atoms. The lowest BCUT2D eigenvalue weighted by atomic mass is 10.1. The zero-order chi connectivity index (χ0) is 15.2. The lowest BCUT2D eigenvalue weighted by Gasteiger charge is -2.20. The molecule has 0 saturated carbocycles. The third-order valence-corrected chi connectivity index (χ3v) is 3.27. The molecule has 0 unspecified atom stereocenters. The minimum atomic E-state index is -0.0743. The minimum absolute atomic E-state index is 0.0743. The van der Waals surface area contributed by atoms with Crippen LogP contribution in [0, 0.1) is 0 Å². The van der Waals surface area contributed by atoms with Gasteiger partial charge in [-0.3, -0.25) is 4.79 Å². The molecule has 0 aliphatic heterocycles. The van der Waals surface area contributed by atoms with E-state index >= 15 is 0 Å². The third-order valence-electron chi connectivity index (χ3n) is 3.27. The van der Waals surface area contributed by atoms with E-state index in [4.69, 9.17) is 0 Å². The van der Waals surface area contributed by atoms with Gasteiger partial charge in [-0.15, -0.1) is 0 Å². The van der Waals surface area contributed by atoms with Gasteiger partial charge in [0.05, 0.1) is 5.56 Å². The molecule has 2 N–H and O–H groups in total. The highest BCUT2D eigenvalue weighted by Gasteiger charge is 2.16. The summed E-state index contributed by atoms with van der Waals surface area (Å²) >= 11 is 0. The van der Waals surface area contributed by atoms with Crippen molar-refractivity contribution in [3.8, 4) is 5.75 Å². The van der Waals surface area contributed by atoms with Crippen molar-refractivity contribution in [2.24, 2.45) is 0 Å². The molecule has 0 atom stereocenters. The smallest absolute Gasteiger partial charge is 0.255 e. The first-order chi connectivity index (χ1) is 10.1. The normalized spacial score (nSPS) is 10.2. The molecule has 2 rings (SSSR count). The molecule has 4 heteroatoms. The number of amides is 1. The molecule has 0 saturated heterocycles. The van der Waals surface area contributed by atoms with Crippen molar-refractivity contribution in [3.63, 3.8) is 0 Å². The molecule has 0 heterocycles. The number of phenols is 1. The first-order valence-corrected chi connectivity index (χ1v) is 6.98. The Morgan fingerprint density at radius 1 is 1.14 bits per heavy atom. The zero-order valence-corrected chi connectivity index (χ0v) is 12.3. The highest BCUT2D eigenvalue weighted by atomic mass is 16.3. The van der Waals surface area contributed by atoms with Crippen molar-refractivity contribution in [2.45, 2.75) is 13.5 Å². The summed E-state index contributed by atoms with van der Waals surface area (Å²) in [7, 11) is 1.73. The molecule has 110 valence electrons. The van der Waals surface area contributed by atoms with Crippen LogP contribution in [0.5, 0.6) is 5.75 Å². The number of hydrogen-bond acceptors (Lipinski definition) is 3. The fourth-order valence-corrected chi connectivity index (χ4v) is 2.19. The van der Waals surface area contributed by atoms with E-state index in [2.05, 4.69) is 5.32 Å². The number of nitrogens with zero attached hydrogens (tertiary/aromatic N) is 1. The number of carbonyl (C=O) groups excluding carboxylic acids is 1. The van der Waals surface area contributed by atoms with Crippen molar-refractivity contribution in [3.05, 3.63) is 59.7 Å². The van der Waals surface area contributed by atoms with E-state index in [0.717, 1.165) is 17.8 Å². The number of hydrogen-bond donors (Lipinski definition) is 2. The fraction of sp³-hybridized carbons (Fsp3) is 0.235. The second-order valence-corrected chi connectivity index (χ2v) is 4.87. The fourth-order valence-electron chi connectivity index (χ4n) is 2.19. The van der Waals surface area contributed by atoms with Crippen LogP contribution in [-0.4, -0.2) is 29.5 Å². The summed E-state index contributed by atoms with van der Waals surface area (Å²) in [5.74, 6) is 0.131. The maximum Gasteiger partial charge on any atom is 0.255 e. The summed E-state index contributed by atoms with van der Waals surface area (Å²) in [5, 5.41) is 13.0. The van der Waals surface area contributed by atoms with Crippen LogP contribution in [0.3, 0.4) is 0 Å². The summed E-state index contributed by atoms with van der Waals surface area (Å²) in [5.41, 5.74) is 2.20. The number of phenolic OH excluding ortho intramolecular Hbond substituents is 1. The van der Waals surface area contributed by atoms with E-state index in [1.807, 2.05) is 43.3 Å². The number of benzene rings is 2. The first kappa shape index (κ1) is 14.9. The van der Waals surface area contributed by atoms with Gasteiger partial charge >= 0.3 is 0 Å². The summed E-state index contributed by atoms with van der Waals surface area (Å²) in [6, 6.07) is 14.5. The van der Waals surface area contributed by atoms with Crippen LogP contribution in [0.4, 0.5) is 5.69 Å². The standard InChI is InChI=1S/C17H20N2O2/c1-3-18-15-10-6-5-9-14(15)17(21)19(2)12-13-8-4-7-11-16(13)20/h4-11,18,20H,3,12H2,1-2H3. The highest BCUT2D eigenvalue weighted by molar-refractivity contribution is 5.99. The van der Waals surface area contributed by atoms with E-state index in [1.165, 1.54) is 0 Å². The molecule has 0 aromatic heterocycles. The monoisotopic (exact) mass is 284 g/mol. The molecule has 0 radical (unpaired) electrons. The topological polar surface area (TPSA) is 52.6 Å². The van der Waals surface area contributed by atoms with E-state index in [0.29, 0.717) is 12.1 Å². The molecular weight excluding hydrogens is 264 g/mol. The molecule has 2 aromatic rings. The second kappa shape index (κ2) is 6.79. The van der Waals surface area contributed by atoms with Crippen molar-refractivity contribution in [1.82, 2.24) is 4.90 Å². The number of carbonyl (C=O) groups is 1. The highest BCUT2D eigenvalue weighted by Crippen LogP contribution is 2.20. The van der Waals surface area contributed by atoms with Gasteiger partial charge in [-0.05, 0) is 25.1 Å². The van der Waals surface area contributed by atoms with Gasteiger partial charge in [-0.1, -0.05) is 30.3 Å². The van der Waals surface area contributed by atoms with E-state index in [9.17, 15) is 9.90 Å². The Morgan fingerprint density at radius 2 is 1.81 bits per heavy atom. The van der Waals surface area contributed by atoms with Crippen LogP contribution in [0.15, 0.2) is 48.5 Å². The van der Waals surface area contributed by atoms with Gasteiger partial charge in [0.1, 0.15) is 5.75 Å². The molecule has 2 aromatic carbocycles. The van der Waals surface area contributed by atoms with Crippen molar-refractivity contribution >= 4 is 11.6 Å². The minimum Gasteiger partial charge on any atom is -0.508 e. The average molecular weight is 284 g/mol. The van der Waals surface area contributed by atoms with Crippen LogP contribution in [0.2, 0.25) is 0 Å². The quantitative estimate of drug-likeness (QED) is 0.887. The van der Waals surface area contributed by atoms with Crippen LogP contribution in [0.25, 0.3) is 0 Å². The number of anilines is 1. The van der Waals surface area contributed by atoms with Crippen LogP contribution >= 0.6 is 0 Å². The number of aromatic hydroxyl groups is 1. The van der Waals surface area contributed by atoms with Gasteiger partial charge < -0.3 is 15.3 Å². The lowest BCUT2D eigenvalue weighted by Crippen LogP contribution is -2.27. The maximum atomic E-state index is 12.6. The molecule has 0 aliphatic rings. The van der Waals surface area contributed by atoms with Gasteiger partial charge in [-0.25, -0.2) is 0 Å². The van der Waals surface area contributed by atoms with Gasteiger partial charge in [0.25, 0.3) is 5.91 Å². The first-order valence-electron chi connectivity index (χ1n) is 6.98. The van der Waals surface area contributed by atoms with E-state index in [1.54, 1.807) is 24.1 Å².